The summed E-state index contributed by atoms with van der Waals surface area (Å²) in [6.45, 7) is 4.25. The van der Waals surface area contributed by atoms with Crippen LogP contribution in [-0.2, 0) is 0 Å². The molecule has 3 rings (SSSR count). The fourth-order valence-electron chi connectivity index (χ4n) is 2.49. The van der Waals surface area contributed by atoms with Gasteiger partial charge in [0.05, 0.1) is 5.69 Å². The Hall–Kier alpha value is -2.41. The summed E-state index contributed by atoms with van der Waals surface area (Å²) in [5.41, 5.74) is 7.25. The van der Waals surface area contributed by atoms with Crippen molar-refractivity contribution in [3.8, 4) is 22.4 Å². The molecular weight excluding hydrogens is 242 g/mol. The van der Waals surface area contributed by atoms with E-state index in [0.29, 0.717) is 0 Å². The summed E-state index contributed by atoms with van der Waals surface area (Å²) < 4.78 is 0. The van der Waals surface area contributed by atoms with Crippen LogP contribution >= 0.6 is 0 Å². The zero-order valence-corrected chi connectivity index (χ0v) is 11.8. The van der Waals surface area contributed by atoms with Gasteiger partial charge in [-0.3, -0.25) is 4.98 Å². The maximum atomic E-state index is 4.51. The van der Waals surface area contributed by atoms with Gasteiger partial charge >= 0.3 is 0 Å². The van der Waals surface area contributed by atoms with Gasteiger partial charge in [0.15, 0.2) is 0 Å². The van der Waals surface area contributed by atoms with Crippen molar-refractivity contribution in [3.05, 3.63) is 78.0 Å². The summed E-state index contributed by atoms with van der Waals surface area (Å²) in [6.07, 6.45) is 1.85. The molecule has 0 radical (unpaired) electrons. The van der Waals surface area contributed by atoms with Crippen molar-refractivity contribution in [1.29, 1.82) is 0 Å². The van der Waals surface area contributed by atoms with Crippen LogP contribution in [0.15, 0.2) is 66.9 Å². The number of rotatable bonds is 2. The SMILES string of the molecule is Cc1ccc(-c2cccc(C)c2-c2ccccn2)cc1. The van der Waals surface area contributed by atoms with E-state index in [1.54, 1.807) is 0 Å². The predicted octanol–water partition coefficient (Wildman–Crippen LogP) is 5.03. The lowest BCUT2D eigenvalue weighted by molar-refractivity contribution is 1.31. The lowest BCUT2D eigenvalue weighted by Gasteiger charge is -2.12. The standard InChI is InChI=1S/C19H17N/c1-14-9-11-16(12-10-14)17-7-5-6-15(2)19(17)18-8-3-4-13-20-18/h3-13H,1-2H3. The molecule has 98 valence electrons. The first-order chi connectivity index (χ1) is 9.75. The lowest BCUT2D eigenvalue weighted by atomic mass is 9.93. The van der Waals surface area contributed by atoms with Gasteiger partial charge in [0.25, 0.3) is 0 Å². The smallest absolute Gasteiger partial charge is 0.0710 e. The number of nitrogens with zero attached hydrogens (tertiary/aromatic N) is 1. The average molecular weight is 259 g/mol. The summed E-state index contributed by atoms with van der Waals surface area (Å²) in [6, 6.07) is 21.1. The number of aryl methyl sites for hydroxylation is 2. The van der Waals surface area contributed by atoms with E-state index < -0.39 is 0 Å². The molecule has 0 bridgehead atoms. The molecule has 0 atom stereocenters. The summed E-state index contributed by atoms with van der Waals surface area (Å²) in [7, 11) is 0. The second kappa shape index (κ2) is 5.30. The number of pyridine rings is 1. The second-order valence-electron chi connectivity index (χ2n) is 5.08. The van der Waals surface area contributed by atoms with E-state index >= 15 is 0 Å². The third-order valence-electron chi connectivity index (χ3n) is 3.56. The third kappa shape index (κ3) is 2.35. The van der Waals surface area contributed by atoms with Gasteiger partial charge in [-0.25, -0.2) is 0 Å². The molecule has 1 nitrogen and oxygen atoms in total. The predicted molar refractivity (Wildman–Crippen MR) is 84.6 cm³/mol. The quantitative estimate of drug-likeness (QED) is 0.628. The molecule has 0 amide bonds. The van der Waals surface area contributed by atoms with Crippen LogP contribution in [0, 0.1) is 13.8 Å². The molecular formula is C19H17N. The Balaban J connectivity index is 2.22. The van der Waals surface area contributed by atoms with E-state index in [-0.39, 0.29) is 0 Å². The highest BCUT2D eigenvalue weighted by Crippen LogP contribution is 2.33. The molecule has 1 aromatic heterocycles. The average Bonchev–Trinajstić information content (AvgIpc) is 2.49. The van der Waals surface area contributed by atoms with Crippen LogP contribution in [0.25, 0.3) is 22.4 Å². The minimum absolute atomic E-state index is 1.03. The highest BCUT2D eigenvalue weighted by atomic mass is 14.7. The van der Waals surface area contributed by atoms with Crippen LogP contribution in [0.2, 0.25) is 0 Å². The molecule has 0 aliphatic rings. The molecule has 3 aromatic rings. The zero-order valence-electron chi connectivity index (χ0n) is 11.8. The Bertz CT molecular complexity index is 713. The Kier molecular flexibility index (Phi) is 3.34. The van der Waals surface area contributed by atoms with E-state index in [0.717, 1.165) is 5.69 Å². The van der Waals surface area contributed by atoms with Crippen LogP contribution < -0.4 is 0 Å². The molecule has 20 heavy (non-hydrogen) atoms. The molecule has 0 N–H and O–H groups in total. The fourth-order valence-corrected chi connectivity index (χ4v) is 2.49. The Morgan fingerprint density at radius 3 is 2.25 bits per heavy atom. The fraction of sp³-hybridized carbons (Fsp3) is 0.105. The van der Waals surface area contributed by atoms with Crippen molar-refractivity contribution in [3.63, 3.8) is 0 Å². The summed E-state index contributed by atoms with van der Waals surface area (Å²) in [4.78, 5) is 4.51. The Morgan fingerprint density at radius 1 is 0.750 bits per heavy atom. The molecule has 0 saturated carbocycles. The van der Waals surface area contributed by atoms with Crippen molar-refractivity contribution in [2.24, 2.45) is 0 Å². The van der Waals surface area contributed by atoms with E-state index in [1.165, 1.54) is 27.8 Å². The molecule has 1 heteroatoms. The number of aromatic nitrogens is 1. The van der Waals surface area contributed by atoms with Crippen LogP contribution in [0.1, 0.15) is 11.1 Å². The van der Waals surface area contributed by atoms with Crippen LogP contribution in [0.5, 0.6) is 0 Å². The number of hydrogen-bond donors (Lipinski definition) is 0. The van der Waals surface area contributed by atoms with Gasteiger partial charge in [0, 0.05) is 11.8 Å². The van der Waals surface area contributed by atoms with Crippen LogP contribution in [0.4, 0.5) is 0 Å². The Morgan fingerprint density at radius 2 is 1.55 bits per heavy atom. The van der Waals surface area contributed by atoms with Gasteiger partial charge < -0.3 is 0 Å². The summed E-state index contributed by atoms with van der Waals surface area (Å²) in [5, 5.41) is 0. The van der Waals surface area contributed by atoms with E-state index in [9.17, 15) is 0 Å². The van der Waals surface area contributed by atoms with Crippen molar-refractivity contribution in [2.75, 3.05) is 0 Å². The first-order valence-corrected chi connectivity index (χ1v) is 6.84. The Labute approximate surface area is 119 Å². The maximum Gasteiger partial charge on any atom is 0.0710 e. The molecule has 0 saturated heterocycles. The zero-order chi connectivity index (χ0) is 13.9. The number of hydrogen-bond acceptors (Lipinski definition) is 1. The minimum atomic E-state index is 1.03. The molecule has 0 unspecified atom stereocenters. The van der Waals surface area contributed by atoms with E-state index in [1.807, 2.05) is 18.3 Å². The third-order valence-corrected chi connectivity index (χ3v) is 3.56. The first kappa shape index (κ1) is 12.6. The van der Waals surface area contributed by atoms with Gasteiger partial charge in [-0.1, -0.05) is 54.1 Å². The topological polar surface area (TPSA) is 12.9 Å². The molecule has 0 spiro atoms. The van der Waals surface area contributed by atoms with Gasteiger partial charge in [0.2, 0.25) is 0 Å². The summed E-state index contributed by atoms with van der Waals surface area (Å²) >= 11 is 0. The highest BCUT2D eigenvalue weighted by molar-refractivity contribution is 5.84. The molecule has 2 aromatic carbocycles. The van der Waals surface area contributed by atoms with Crippen molar-refractivity contribution in [1.82, 2.24) is 4.98 Å². The van der Waals surface area contributed by atoms with Crippen LogP contribution in [-0.4, -0.2) is 4.98 Å². The largest absolute Gasteiger partial charge is 0.256 e. The number of benzene rings is 2. The van der Waals surface area contributed by atoms with Crippen molar-refractivity contribution in [2.45, 2.75) is 13.8 Å². The summed E-state index contributed by atoms with van der Waals surface area (Å²) in [5.74, 6) is 0. The first-order valence-electron chi connectivity index (χ1n) is 6.84. The molecule has 0 aliphatic carbocycles. The lowest BCUT2D eigenvalue weighted by Crippen LogP contribution is -1.91. The van der Waals surface area contributed by atoms with E-state index in [4.69, 9.17) is 0 Å². The van der Waals surface area contributed by atoms with Crippen molar-refractivity contribution < 1.29 is 0 Å². The maximum absolute atomic E-state index is 4.51. The van der Waals surface area contributed by atoms with Crippen LogP contribution in [0.3, 0.4) is 0 Å². The monoisotopic (exact) mass is 259 g/mol. The normalized spacial score (nSPS) is 10.5. The van der Waals surface area contributed by atoms with E-state index in [2.05, 4.69) is 67.4 Å². The van der Waals surface area contributed by atoms with Gasteiger partial charge in [-0.2, -0.15) is 0 Å². The van der Waals surface area contributed by atoms with Gasteiger partial charge in [0.1, 0.15) is 0 Å². The molecule has 0 fully saturated rings. The van der Waals surface area contributed by atoms with Gasteiger partial charge in [-0.15, -0.1) is 0 Å². The second-order valence-corrected chi connectivity index (χ2v) is 5.08. The molecule has 0 aliphatic heterocycles. The minimum Gasteiger partial charge on any atom is -0.256 e. The van der Waals surface area contributed by atoms with Crippen molar-refractivity contribution >= 4 is 0 Å². The highest BCUT2D eigenvalue weighted by Gasteiger charge is 2.10. The molecule has 1 heterocycles. The van der Waals surface area contributed by atoms with Gasteiger partial charge in [-0.05, 0) is 42.7 Å².